The third kappa shape index (κ3) is 3.76. The zero-order valence-corrected chi connectivity index (χ0v) is 10.6. The summed E-state index contributed by atoms with van der Waals surface area (Å²) in [4.78, 5) is 14.0. The summed E-state index contributed by atoms with van der Waals surface area (Å²) in [6.45, 7) is 7.05. The molecule has 1 fully saturated rings. The van der Waals surface area contributed by atoms with Crippen LogP contribution >= 0.6 is 0 Å². The summed E-state index contributed by atoms with van der Waals surface area (Å²) in [5.41, 5.74) is 0. The number of hydrogen-bond donors (Lipinski definition) is 0. The minimum Gasteiger partial charge on any atom is -0.466 e. The van der Waals surface area contributed by atoms with Crippen molar-refractivity contribution in [2.75, 3.05) is 33.4 Å². The van der Waals surface area contributed by atoms with Gasteiger partial charge in [0.05, 0.1) is 19.1 Å². The van der Waals surface area contributed by atoms with Gasteiger partial charge in [-0.2, -0.15) is 0 Å². The van der Waals surface area contributed by atoms with Gasteiger partial charge in [-0.05, 0) is 33.2 Å². The highest BCUT2D eigenvalue weighted by molar-refractivity contribution is 5.72. The average Bonchev–Trinajstić information content (AvgIpc) is 2.30. The zero-order chi connectivity index (χ0) is 12.0. The Morgan fingerprint density at radius 3 is 2.94 bits per heavy atom. The van der Waals surface area contributed by atoms with Gasteiger partial charge in [0.15, 0.2) is 0 Å². The van der Waals surface area contributed by atoms with Crippen LogP contribution in [0.2, 0.25) is 0 Å². The monoisotopic (exact) mass is 229 g/mol. The Labute approximate surface area is 97.9 Å². The van der Waals surface area contributed by atoms with E-state index in [4.69, 9.17) is 9.47 Å². The quantitative estimate of drug-likeness (QED) is 0.666. The Kier molecular flexibility index (Phi) is 5.77. The lowest BCUT2D eigenvalue weighted by Gasteiger charge is -2.35. The van der Waals surface area contributed by atoms with E-state index in [1.54, 1.807) is 7.11 Å². The van der Waals surface area contributed by atoms with Crippen LogP contribution in [0.4, 0.5) is 0 Å². The first-order valence-electron chi connectivity index (χ1n) is 6.08. The number of carbonyl (C=O) groups excluding carboxylic acids is 1. The van der Waals surface area contributed by atoms with Crippen molar-refractivity contribution in [2.45, 2.75) is 32.7 Å². The van der Waals surface area contributed by atoms with Crippen molar-refractivity contribution in [1.82, 2.24) is 4.90 Å². The number of nitrogens with zero attached hydrogens (tertiary/aromatic N) is 1. The van der Waals surface area contributed by atoms with Crippen LogP contribution < -0.4 is 0 Å². The van der Waals surface area contributed by atoms with Crippen molar-refractivity contribution in [1.29, 1.82) is 0 Å². The van der Waals surface area contributed by atoms with E-state index in [0.29, 0.717) is 12.6 Å². The molecule has 0 radical (unpaired) electrons. The van der Waals surface area contributed by atoms with Gasteiger partial charge < -0.3 is 9.47 Å². The molecular weight excluding hydrogens is 206 g/mol. The topological polar surface area (TPSA) is 38.8 Å². The first-order chi connectivity index (χ1) is 7.69. The third-order valence-corrected chi connectivity index (χ3v) is 3.10. The van der Waals surface area contributed by atoms with Crippen molar-refractivity contribution < 1.29 is 14.3 Å². The second-order valence-corrected chi connectivity index (χ2v) is 4.39. The maximum absolute atomic E-state index is 11.6. The number of ether oxygens (including phenoxy) is 2. The van der Waals surface area contributed by atoms with E-state index in [1.807, 2.05) is 6.92 Å². The predicted octanol–water partition coefficient (Wildman–Crippen LogP) is 1.30. The van der Waals surface area contributed by atoms with Gasteiger partial charge in [0.1, 0.15) is 0 Å². The minimum atomic E-state index is -0.0446. The van der Waals surface area contributed by atoms with Gasteiger partial charge >= 0.3 is 5.97 Å². The SMILES string of the molecule is CCOC(=O)[C@H]1CCCN(C(C)COC)C1. The van der Waals surface area contributed by atoms with Crippen LogP contribution in [-0.2, 0) is 14.3 Å². The van der Waals surface area contributed by atoms with Crippen LogP contribution in [-0.4, -0.2) is 50.3 Å². The number of piperidine rings is 1. The largest absolute Gasteiger partial charge is 0.466 e. The number of carbonyl (C=O) groups is 1. The van der Waals surface area contributed by atoms with Crippen molar-refractivity contribution in [3.63, 3.8) is 0 Å². The molecule has 0 N–H and O–H groups in total. The van der Waals surface area contributed by atoms with Crippen LogP contribution in [0, 0.1) is 5.92 Å². The smallest absolute Gasteiger partial charge is 0.310 e. The number of esters is 1. The van der Waals surface area contributed by atoms with Crippen LogP contribution in [0.5, 0.6) is 0 Å². The Morgan fingerprint density at radius 2 is 2.31 bits per heavy atom. The molecule has 0 aromatic rings. The van der Waals surface area contributed by atoms with Gasteiger partial charge in [-0.3, -0.25) is 9.69 Å². The number of rotatable bonds is 5. The van der Waals surface area contributed by atoms with Crippen molar-refractivity contribution in [2.24, 2.45) is 5.92 Å². The van der Waals surface area contributed by atoms with Gasteiger partial charge in [-0.1, -0.05) is 0 Å². The molecule has 0 aromatic heterocycles. The van der Waals surface area contributed by atoms with Crippen molar-refractivity contribution in [3.8, 4) is 0 Å². The lowest BCUT2D eigenvalue weighted by atomic mass is 9.97. The van der Waals surface area contributed by atoms with Gasteiger partial charge in [0, 0.05) is 19.7 Å². The highest BCUT2D eigenvalue weighted by atomic mass is 16.5. The molecule has 1 heterocycles. The van der Waals surface area contributed by atoms with E-state index in [-0.39, 0.29) is 11.9 Å². The number of methoxy groups -OCH3 is 1. The highest BCUT2D eigenvalue weighted by Crippen LogP contribution is 2.19. The van der Waals surface area contributed by atoms with Gasteiger partial charge in [-0.15, -0.1) is 0 Å². The van der Waals surface area contributed by atoms with E-state index in [0.717, 1.165) is 32.5 Å². The molecule has 0 spiro atoms. The standard InChI is InChI=1S/C12H23NO3/c1-4-16-12(14)11-6-5-7-13(8-11)10(2)9-15-3/h10-11H,4-9H2,1-3H3/t10?,11-/m0/s1. The number of likely N-dealkylation sites (tertiary alicyclic amines) is 1. The number of hydrogen-bond acceptors (Lipinski definition) is 4. The molecule has 0 aliphatic carbocycles. The molecule has 0 saturated carbocycles. The minimum absolute atomic E-state index is 0.0446. The van der Waals surface area contributed by atoms with Gasteiger partial charge in [0.2, 0.25) is 0 Å². The summed E-state index contributed by atoms with van der Waals surface area (Å²) < 4.78 is 10.2. The normalized spacial score (nSPS) is 24.1. The Bertz CT molecular complexity index is 220. The zero-order valence-electron chi connectivity index (χ0n) is 10.6. The molecule has 1 saturated heterocycles. The molecule has 16 heavy (non-hydrogen) atoms. The third-order valence-electron chi connectivity index (χ3n) is 3.10. The van der Waals surface area contributed by atoms with E-state index < -0.39 is 0 Å². The van der Waals surface area contributed by atoms with Crippen molar-refractivity contribution in [3.05, 3.63) is 0 Å². The highest BCUT2D eigenvalue weighted by Gasteiger charge is 2.28. The second kappa shape index (κ2) is 6.86. The summed E-state index contributed by atoms with van der Waals surface area (Å²) in [6, 6.07) is 0.377. The fraction of sp³-hybridized carbons (Fsp3) is 0.917. The van der Waals surface area contributed by atoms with Crippen LogP contribution in [0.3, 0.4) is 0 Å². The molecule has 0 amide bonds. The Morgan fingerprint density at radius 1 is 1.56 bits per heavy atom. The van der Waals surface area contributed by atoms with E-state index >= 15 is 0 Å². The molecule has 0 bridgehead atoms. The van der Waals surface area contributed by atoms with E-state index in [1.165, 1.54) is 0 Å². The van der Waals surface area contributed by atoms with Crippen LogP contribution in [0.25, 0.3) is 0 Å². The second-order valence-electron chi connectivity index (χ2n) is 4.39. The molecule has 4 heteroatoms. The molecule has 4 nitrogen and oxygen atoms in total. The summed E-state index contributed by atoms with van der Waals surface area (Å²) in [7, 11) is 1.71. The fourth-order valence-corrected chi connectivity index (χ4v) is 2.21. The van der Waals surface area contributed by atoms with Crippen LogP contribution in [0.1, 0.15) is 26.7 Å². The molecule has 2 atom stereocenters. The first kappa shape index (κ1) is 13.5. The summed E-state index contributed by atoms with van der Waals surface area (Å²) in [5.74, 6) is 0.00447. The van der Waals surface area contributed by atoms with E-state index in [9.17, 15) is 4.79 Å². The maximum Gasteiger partial charge on any atom is 0.310 e. The molecule has 1 aliphatic rings. The molecular formula is C12H23NO3. The summed E-state index contributed by atoms with van der Waals surface area (Å²) >= 11 is 0. The lowest BCUT2D eigenvalue weighted by Crippen LogP contribution is -2.45. The van der Waals surface area contributed by atoms with Crippen molar-refractivity contribution >= 4 is 5.97 Å². The van der Waals surface area contributed by atoms with Gasteiger partial charge in [0.25, 0.3) is 0 Å². The van der Waals surface area contributed by atoms with Crippen LogP contribution in [0.15, 0.2) is 0 Å². The lowest BCUT2D eigenvalue weighted by molar-refractivity contribution is -0.150. The molecule has 0 aromatic carbocycles. The average molecular weight is 229 g/mol. The summed E-state index contributed by atoms with van der Waals surface area (Å²) in [6.07, 6.45) is 2.02. The summed E-state index contributed by atoms with van der Waals surface area (Å²) in [5, 5.41) is 0. The molecule has 1 rings (SSSR count). The predicted molar refractivity (Wildman–Crippen MR) is 62.3 cm³/mol. The molecule has 1 unspecified atom stereocenters. The Hall–Kier alpha value is -0.610. The molecule has 1 aliphatic heterocycles. The molecule has 94 valence electrons. The van der Waals surface area contributed by atoms with E-state index in [2.05, 4.69) is 11.8 Å². The Balaban J connectivity index is 2.43. The maximum atomic E-state index is 11.6. The fourth-order valence-electron chi connectivity index (χ4n) is 2.21. The van der Waals surface area contributed by atoms with Gasteiger partial charge in [-0.25, -0.2) is 0 Å². The first-order valence-corrected chi connectivity index (χ1v) is 6.08.